The van der Waals surface area contributed by atoms with Gasteiger partial charge in [-0.3, -0.25) is 0 Å². The summed E-state index contributed by atoms with van der Waals surface area (Å²) in [4.78, 5) is 12.0. The third-order valence-electron chi connectivity index (χ3n) is 4.54. The Kier molecular flexibility index (Phi) is 7.31. The molecule has 3 rings (SSSR count). The number of halogens is 2. The van der Waals surface area contributed by atoms with E-state index in [0.717, 1.165) is 16.8 Å². The number of rotatable bonds is 8. The maximum Gasteiger partial charge on any atom is 0.331 e. The van der Waals surface area contributed by atoms with Crippen molar-refractivity contribution >= 4 is 23.6 Å². The van der Waals surface area contributed by atoms with E-state index >= 15 is 0 Å². The lowest BCUT2D eigenvalue weighted by Gasteiger charge is -2.11. The minimum absolute atomic E-state index is 0.0555. The summed E-state index contributed by atoms with van der Waals surface area (Å²) >= 11 is 5.93. The zero-order valence-corrected chi connectivity index (χ0v) is 18.0. The highest BCUT2D eigenvalue weighted by atomic mass is 35.5. The number of aryl methyl sites for hydroxylation is 2. The van der Waals surface area contributed by atoms with Crippen LogP contribution < -0.4 is 9.47 Å². The van der Waals surface area contributed by atoms with Crippen molar-refractivity contribution in [1.82, 2.24) is 5.16 Å². The number of carbonyl (C=O) groups is 1. The number of carbonyl (C=O) groups excluding carboxylic acids is 1. The molecule has 0 radical (unpaired) electrons. The second-order valence-corrected chi connectivity index (χ2v) is 7.09. The van der Waals surface area contributed by atoms with E-state index in [4.69, 9.17) is 30.3 Å². The summed E-state index contributed by atoms with van der Waals surface area (Å²) in [5, 5.41) is 4.11. The van der Waals surface area contributed by atoms with Gasteiger partial charge in [-0.25, -0.2) is 9.18 Å². The first-order chi connectivity index (χ1) is 14.9. The van der Waals surface area contributed by atoms with Gasteiger partial charge in [-0.05, 0) is 49.8 Å². The van der Waals surface area contributed by atoms with Gasteiger partial charge in [0.25, 0.3) is 0 Å². The van der Waals surface area contributed by atoms with Gasteiger partial charge in [-0.2, -0.15) is 0 Å². The Morgan fingerprint density at radius 2 is 1.97 bits per heavy atom. The first kappa shape index (κ1) is 22.4. The van der Waals surface area contributed by atoms with E-state index in [-0.39, 0.29) is 11.6 Å². The molecule has 1 heterocycles. The molecule has 8 heteroatoms. The lowest BCUT2D eigenvalue weighted by Crippen LogP contribution is -2.01. The second kappa shape index (κ2) is 10.1. The average molecular weight is 446 g/mol. The van der Waals surface area contributed by atoms with Gasteiger partial charge in [0, 0.05) is 11.6 Å². The molecule has 0 aliphatic rings. The maximum atomic E-state index is 13.1. The van der Waals surface area contributed by atoms with Gasteiger partial charge >= 0.3 is 5.97 Å². The second-order valence-electron chi connectivity index (χ2n) is 6.68. The zero-order chi connectivity index (χ0) is 22.4. The third kappa shape index (κ3) is 5.86. The van der Waals surface area contributed by atoms with Crippen LogP contribution in [0.2, 0.25) is 5.02 Å². The predicted molar refractivity (Wildman–Crippen MR) is 114 cm³/mol. The molecule has 0 N–H and O–H groups in total. The number of ether oxygens (including phenoxy) is 3. The molecule has 2 aromatic carbocycles. The summed E-state index contributed by atoms with van der Waals surface area (Å²) < 4.78 is 34.6. The molecule has 0 saturated heterocycles. The molecule has 0 bridgehead atoms. The number of esters is 1. The Morgan fingerprint density at radius 1 is 1.16 bits per heavy atom. The topological polar surface area (TPSA) is 70.8 Å². The van der Waals surface area contributed by atoms with Crippen LogP contribution >= 0.6 is 11.6 Å². The monoisotopic (exact) mass is 445 g/mol. The van der Waals surface area contributed by atoms with E-state index < -0.39 is 11.8 Å². The van der Waals surface area contributed by atoms with Crippen LogP contribution in [-0.2, 0) is 22.7 Å². The molecule has 1 aromatic heterocycles. The van der Waals surface area contributed by atoms with Crippen LogP contribution in [0.1, 0.15) is 28.1 Å². The van der Waals surface area contributed by atoms with Crippen molar-refractivity contribution in [2.75, 3.05) is 7.11 Å². The molecule has 0 saturated carbocycles. The fourth-order valence-electron chi connectivity index (χ4n) is 2.76. The summed E-state index contributed by atoms with van der Waals surface area (Å²) in [7, 11) is 1.53. The number of benzene rings is 2. The highest BCUT2D eigenvalue weighted by Gasteiger charge is 2.12. The van der Waals surface area contributed by atoms with Gasteiger partial charge in [0.1, 0.15) is 24.8 Å². The van der Waals surface area contributed by atoms with E-state index in [0.29, 0.717) is 29.4 Å². The Bertz CT molecular complexity index is 1090. The summed E-state index contributed by atoms with van der Waals surface area (Å²) in [5.41, 5.74) is 2.90. The molecule has 0 fully saturated rings. The SMILES string of the molecule is COc1cc(C=CC(=O)OCc2ccc(F)cc2Cl)ccc1OCc1c(C)noc1C. The van der Waals surface area contributed by atoms with Crippen molar-refractivity contribution in [3.05, 3.63) is 81.5 Å². The van der Waals surface area contributed by atoms with Crippen molar-refractivity contribution in [3.8, 4) is 11.5 Å². The number of nitrogens with zero attached hydrogens (tertiary/aromatic N) is 1. The lowest BCUT2D eigenvalue weighted by atomic mass is 10.2. The van der Waals surface area contributed by atoms with E-state index in [1.807, 2.05) is 13.8 Å². The zero-order valence-electron chi connectivity index (χ0n) is 17.3. The van der Waals surface area contributed by atoms with Crippen LogP contribution in [-0.4, -0.2) is 18.2 Å². The molecule has 31 heavy (non-hydrogen) atoms. The molecule has 0 spiro atoms. The number of aromatic nitrogens is 1. The third-order valence-corrected chi connectivity index (χ3v) is 4.89. The fraction of sp³-hybridized carbons (Fsp3) is 0.217. The molecule has 0 aliphatic carbocycles. The number of hydrogen-bond donors (Lipinski definition) is 0. The number of hydrogen-bond acceptors (Lipinski definition) is 6. The highest BCUT2D eigenvalue weighted by Crippen LogP contribution is 2.30. The largest absolute Gasteiger partial charge is 0.493 e. The minimum atomic E-state index is -0.557. The smallest absolute Gasteiger partial charge is 0.331 e. The quantitative estimate of drug-likeness (QED) is 0.340. The van der Waals surface area contributed by atoms with Gasteiger partial charge in [0.05, 0.1) is 23.4 Å². The molecule has 0 atom stereocenters. The molecule has 0 amide bonds. The van der Waals surface area contributed by atoms with Crippen molar-refractivity contribution < 1.29 is 27.9 Å². The standard InChI is InChI=1S/C23H21ClFNO5/c1-14-19(15(2)31-26-14)13-29-21-8-4-16(10-22(21)28-3)5-9-23(27)30-12-17-6-7-18(25)11-20(17)24/h4-11H,12-13H2,1-3H3. The Labute approximate surface area is 184 Å². The van der Waals surface area contributed by atoms with Gasteiger partial charge in [0.15, 0.2) is 11.5 Å². The fourth-order valence-corrected chi connectivity index (χ4v) is 2.99. The summed E-state index contributed by atoms with van der Waals surface area (Å²) in [6.45, 7) is 3.92. The first-order valence-electron chi connectivity index (χ1n) is 9.38. The van der Waals surface area contributed by atoms with Crippen molar-refractivity contribution in [2.24, 2.45) is 0 Å². The summed E-state index contributed by atoms with van der Waals surface area (Å²) in [6.07, 6.45) is 2.88. The summed E-state index contributed by atoms with van der Waals surface area (Å²) in [5.74, 6) is 0.760. The Morgan fingerprint density at radius 3 is 2.65 bits per heavy atom. The molecule has 0 aliphatic heterocycles. The van der Waals surface area contributed by atoms with Crippen LogP contribution in [0.3, 0.4) is 0 Å². The number of methoxy groups -OCH3 is 1. The Balaban J connectivity index is 1.60. The molecule has 3 aromatic rings. The van der Waals surface area contributed by atoms with E-state index in [1.54, 1.807) is 24.3 Å². The summed E-state index contributed by atoms with van der Waals surface area (Å²) in [6, 6.07) is 9.17. The predicted octanol–water partition coefficient (Wildman–Crippen LogP) is 5.43. The van der Waals surface area contributed by atoms with Crippen LogP contribution in [0, 0.1) is 19.7 Å². The van der Waals surface area contributed by atoms with Crippen molar-refractivity contribution in [3.63, 3.8) is 0 Å². The highest BCUT2D eigenvalue weighted by molar-refractivity contribution is 6.31. The molecule has 162 valence electrons. The lowest BCUT2D eigenvalue weighted by molar-refractivity contribution is -0.138. The molecule has 6 nitrogen and oxygen atoms in total. The molecular formula is C23H21ClFNO5. The molecular weight excluding hydrogens is 425 g/mol. The normalized spacial score (nSPS) is 11.0. The van der Waals surface area contributed by atoms with Crippen LogP contribution in [0.25, 0.3) is 6.08 Å². The van der Waals surface area contributed by atoms with Crippen molar-refractivity contribution in [2.45, 2.75) is 27.1 Å². The van der Waals surface area contributed by atoms with E-state index in [1.165, 1.54) is 31.4 Å². The van der Waals surface area contributed by atoms with Gasteiger partial charge in [-0.15, -0.1) is 0 Å². The van der Waals surface area contributed by atoms with Gasteiger partial charge < -0.3 is 18.7 Å². The molecule has 0 unspecified atom stereocenters. The maximum absolute atomic E-state index is 13.1. The average Bonchev–Trinajstić information content (AvgIpc) is 3.07. The van der Waals surface area contributed by atoms with Gasteiger partial charge in [-0.1, -0.05) is 28.9 Å². The van der Waals surface area contributed by atoms with Crippen LogP contribution in [0.15, 0.2) is 47.0 Å². The van der Waals surface area contributed by atoms with Crippen LogP contribution in [0.4, 0.5) is 4.39 Å². The Hall–Kier alpha value is -3.32. The van der Waals surface area contributed by atoms with Crippen molar-refractivity contribution in [1.29, 1.82) is 0 Å². The van der Waals surface area contributed by atoms with E-state index in [9.17, 15) is 9.18 Å². The van der Waals surface area contributed by atoms with Gasteiger partial charge in [0.2, 0.25) is 0 Å². The first-order valence-corrected chi connectivity index (χ1v) is 9.76. The van der Waals surface area contributed by atoms with Crippen LogP contribution in [0.5, 0.6) is 11.5 Å². The minimum Gasteiger partial charge on any atom is -0.493 e. The van der Waals surface area contributed by atoms with E-state index in [2.05, 4.69) is 5.16 Å².